The summed E-state index contributed by atoms with van der Waals surface area (Å²) in [5.41, 5.74) is 1.48. The zero-order valence-electron chi connectivity index (χ0n) is 12.9. The third kappa shape index (κ3) is 3.33. The largest absolute Gasteiger partial charge is 0.318 e. The molecule has 0 amide bonds. The predicted molar refractivity (Wildman–Crippen MR) is 84.2 cm³/mol. The normalized spacial score (nSPS) is 24.9. The molecule has 1 aromatic heterocycles. The van der Waals surface area contributed by atoms with E-state index in [9.17, 15) is 0 Å². The lowest BCUT2D eigenvalue weighted by Crippen LogP contribution is -2.21. The highest BCUT2D eigenvalue weighted by Crippen LogP contribution is 2.38. The van der Waals surface area contributed by atoms with Crippen molar-refractivity contribution in [1.29, 1.82) is 0 Å². The van der Waals surface area contributed by atoms with Crippen LogP contribution in [0.15, 0.2) is 4.99 Å². The summed E-state index contributed by atoms with van der Waals surface area (Å²) in [6, 6.07) is 0.816. The average molecular weight is 276 g/mol. The highest BCUT2D eigenvalue weighted by Gasteiger charge is 2.26. The van der Waals surface area contributed by atoms with Gasteiger partial charge in [0.05, 0.1) is 7.85 Å². The molecule has 2 rings (SSSR count). The zero-order chi connectivity index (χ0) is 14.2. The van der Waals surface area contributed by atoms with Crippen LogP contribution in [-0.2, 0) is 12.8 Å². The van der Waals surface area contributed by atoms with E-state index in [1.54, 1.807) is 0 Å². The molecule has 0 aromatic carbocycles. The Labute approximate surface area is 122 Å². The highest BCUT2D eigenvalue weighted by molar-refractivity contribution is 7.09. The second kappa shape index (κ2) is 5.47. The number of aromatic nitrogens is 1. The fourth-order valence-corrected chi connectivity index (χ4v) is 4.45. The van der Waals surface area contributed by atoms with Crippen molar-refractivity contribution in [1.82, 2.24) is 4.57 Å². The third-order valence-corrected chi connectivity index (χ3v) is 4.76. The van der Waals surface area contributed by atoms with E-state index in [1.165, 1.54) is 21.8 Å². The molecule has 0 saturated heterocycles. The first kappa shape index (κ1) is 14.9. The van der Waals surface area contributed by atoms with Crippen LogP contribution in [0.5, 0.6) is 0 Å². The summed E-state index contributed by atoms with van der Waals surface area (Å²) >= 11 is 1.85. The first-order chi connectivity index (χ1) is 8.80. The number of hydrogen-bond acceptors (Lipinski definition) is 2. The van der Waals surface area contributed by atoms with Crippen molar-refractivity contribution in [2.24, 2.45) is 4.99 Å². The van der Waals surface area contributed by atoms with Crippen molar-refractivity contribution in [3.8, 4) is 0 Å². The quantitative estimate of drug-likeness (QED) is 0.579. The molecule has 1 atom stereocenters. The van der Waals surface area contributed by atoms with E-state index in [4.69, 9.17) is 12.8 Å². The smallest absolute Gasteiger partial charge is 0.185 e. The Kier molecular flexibility index (Phi) is 4.29. The van der Waals surface area contributed by atoms with Crippen molar-refractivity contribution in [2.45, 2.75) is 77.7 Å². The number of hydrogen-bond donors (Lipinski definition) is 0. The molecule has 0 bridgehead atoms. The van der Waals surface area contributed by atoms with E-state index >= 15 is 0 Å². The highest BCUT2D eigenvalue weighted by atomic mass is 32.1. The lowest BCUT2D eigenvalue weighted by molar-refractivity contribution is 0.532. The minimum absolute atomic E-state index is 0.0555. The topological polar surface area (TPSA) is 17.3 Å². The number of fused-ring (bicyclic) bond motifs is 1. The fraction of sp³-hybridized carbons (Fsp3) is 0.800. The Morgan fingerprint density at radius 3 is 2.58 bits per heavy atom. The van der Waals surface area contributed by atoms with Crippen molar-refractivity contribution in [2.75, 3.05) is 0 Å². The summed E-state index contributed by atoms with van der Waals surface area (Å²) < 4.78 is 2.43. The second-order valence-corrected chi connectivity index (χ2v) is 7.69. The maximum atomic E-state index is 6.40. The van der Waals surface area contributed by atoms with Crippen molar-refractivity contribution in [3.63, 3.8) is 0 Å². The van der Waals surface area contributed by atoms with Gasteiger partial charge in [0.1, 0.15) is 0 Å². The van der Waals surface area contributed by atoms with Gasteiger partial charge in [-0.3, -0.25) is 4.99 Å². The average Bonchev–Trinajstić information content (AvgIpc) is 2.46. The number of thiazole rings is 1. The van der Waals surface area contributed by atoms with Crippen molar-refractivity contribution >= 4 is 19.2 Å². The third-order valence-electron chi connectivity index (χ3n) is 3.64. The molecule has 0 N–H and O–H groups in total. The molecule has 2 nitrogen and oxygen atoms in total. The molecule has 0 spiro atoms. The van der Waals surface area contributed by atoms with Gasteiger partial charge in [0.25, 0.3) is 0 Å². The summed E-state index contributed by atoms with van der Waals surface area (Å²) in [5, 5.41) is -0.0555. The van der Waals surface area contributed by atoms with Crippen LogP contribution >= 0.6 is 11.3 Å². The Hall–Kier alpha value is -0.505. The number of rotatable bonds is 2. The van der Waals surface area contributed by atoms with E-state index in [0.717, 1.165) is 19.3 Å². The Morgan fingerprint density at radius 1 is 1.32 bits per heavy atom. The molecule has 104 valence electrons. The van der Waals surface area contributed by atoms with Gasteiger partial charge in [0.15, 0.2) is 4.80 Å². The molecule has 1 unspecified atom stereocenters. The molecule has 19 heavy (non-hydrogen) atoms. The maximum absolute atomic E-state index is 6.40. The van der Waals surface area contributed by atoms with Gasteiger partial charge in [0, 0.05) is 22.7 Å². The number of nitrogens with zero attached hydrogens (tertiary/aromatic N) is 2. The first-order valence-corrected chi connectivity index (χ1v) is 8.17. The van der Waals surface area contributed by atoms with Gasteiger partial charge in [-0.15, -0.1) is 11.3 Å². The molecule has 0 saturated carbocycles. The Bertz CT molecular complexity index is 509. The lowest BCUT2D eigenvalue weighted by Gasteiger charge is -2.21. The molecule has 4 heteroatoms. The van der Waals surface area contributed by atoms with E-state index in [2.05, 4.69) is 39.2 Å². The lowest BCUT2D eigenvalue weighted by atomic mass is 9.66. The van der Waals surface area contributed by atoms with E-state index in [1.807, 2.05) is 11.3 Å². The van der Waals surface area contributed by atoms with Crippen molar-refractivity contribution in [3.05, 3.63) is 15.4 Å². The van der Waals surface area contributed by atoms with E-state index in [0.29, 0.717) is 12.1 Å². The minimum atomic E-state index is -0.0555. The van der Waals surface area contributed by atoms with Crippen LogP contribution in [0.1, 0.15) is 64.1 Å². The van der Waals surface area contributed by atoms with Crippen LogP contribution in [-0.4, -0.2) is 18.5 Å². The summed E-state index contributed by atoms with van der Waals surface area (Å²) in [7, 11) is 6.40. The van der Waals surface area contributed by atoms with Gasteiger partial charge in [-0.1, -0.05) is 18.7 Å². The molecule has 0 fully saturated rings. The standard InChI is InChI=1S/C15H25BN2S/c1-10(2)17-14-18(11(3)4)12-7-6-8-15(5,16)9-13(12)19-14/h10-11H,6-9H2,1-5H3. The molecule has 1 aromatic rings. The summed E-state index contributed by atoms with van der Waals surface area (Å²) in [6.45, 7) is 11.0. The van der Waals surface area contributed by atoms with Crippen LogP contribution in [0.3, 0.4) is 0 Å². The summed E-state index contributed by atoms with van der Waals surface area (Å²) in [6.07, 6.45) is 4.44. The van der Waals surface area contributed by atoms with Crippen LogP contribution < -0.4 is 4.80 Å². The first-order valence-electron chi connectivity index (χ1n) is 7.36. The monoisotopic (exact) mass is 276 g/mol. The Morgan fingerprint density at radius 2 is 2.00 bits per heavy atom. The van der Waals surface area contributed by atoms with Gasteiger partial charge in [-0.25, -0.2) is 0 Å². The minimum Gasteiger partial charge on any atom is -0.318 e. The SMILES string of the molecule is [B]C1(C)CCCc2c(sc(=NC(C)C)n2C(C)C)C1. The molecule has 1 aliphatic rings. The molecule has 1 aliphatic carbocycles. The van der Waals surface area contributed by atoms with E-state index in [-0.39, 0.29) is 5.31 Å². The molecule has 0 aliphatic heterocycles. The summed E-state index contributed by atoms with van der Waals surface area (Å²) in [4.78, 5) is 7.43. The van der Waals surface area contributed by atoms with Gasteiger partial charge >= 0.3 is 0 Å². The second-order valence-electron chi connectivity index (χ2n) is 6.63. The molecule has 2 radical (unpaired) electrons. The van der Waals surface area contributed by atoms with Crippen molar-refractivity contribution < 1.29 is 0 Å². The van der Waals surface area contributed by atoms with Crippen LogP contribution in [0.2, 0.25) is 5.31 Å². The zero-order valence-corrected chi connectivity index (χ0v) is 13.7. The molecule has 1 heterocycles. The van der Waals surface area contributed by atoms with Gasteiger partial charge < -0.3 is 4.57 Å². The van der Waals surface area contributed by atoms with Crippen LogP contribution in [0, 0.1) is 0 Å². The molecular formula is C15H25BN2S. The predicted octanol–water partition coefficient (Wildman–Crippen LogP) is 3.67. The van der Waals surface area contributed by atoms with Gasteiger partial charge in [-0.05, 0) is 47.0 Å². The van der Waals surface area contributed by atoms with Crippen LogP contribution in [0.4, 0.5) is 0 Å². The summed E-state index contributed by atoms with van der Waals surface area (Å²) in [5.74, 6) is 0. The fourth-order valence-electron chi connectivity index (χ4n) is 2.82. The molecular weight excluding hydrogens is 251 g/mol. The Balaban J connectivity index is 2.56. The van der Waals surface area contributed by atoms with Gasteiger partial charge in [0.2, 0.25) is 0 Å². The van der Waals surface area contributed by atoms with E-state index < -0.39 is 0 Å². The maximum Gasteiger partial charge on any atom is 0.185 e. The van der Waals surface area contributed by atoms with Gasteiger partial charge in [-0.2, -0.15) is 0 Å². The van der Waals surface area contributed by atoms with Crippen LogP contribution in [0.25, 0.3) is 0 Å².